The van der Waals surface area contributed by atoms with Gasteiger partial charge in [-0.25, -0.2) is 0 Å². The van der Waals surface area contributed by atoms with Crippen LogP contribution in [0.3, 0.4) is 0 Å². The van der Waals surface area contributed by atoms with Crippen molar-refractivity contribution >= 4 is 16.6 Å². The van der Waals surface area contributed by atoms with Crippen LogP contribution < -0.4 is 10.5 Å². The normalized spacial score (nSPS) is 10.9. The Labute approximate surface area is 104 Å². The molecule has 0 aliphatic heterocycles. The van der Waals surface area contributed by atoms with E-state index in [0.29, 0.717) is 17.9 Å². The number of fused-ring (bicyclic) bond motifs is 1. The molecule has 0 saturated heterocycles. The number of methoxy groups -OCH3 is 1. The number of para-hydroxylation sites is 1. The van der Waals surface area contributed by atoms with Crippen molar-refractivity contribution in [1.29, 1.82) is 0 Å². The van der Waals surface area contributed by atoms with E-state index in [1.165, 1.54) is 6.20 Å². The Kier molecular flexibility index (Phi) is 2.44. The van der Waals surface area contributed by atoms with Gasteiger partial charge in [-0.1, -0.05) is 17.3 Å². The third-order valence-corrected chi connectivity index (χ3v) is 3.01. The fraction of sp³-hybridized carbons (Fsp3) is 0.154. The van der Waals surface area contributed by atoms with Gasteiger partial charge in [0.25, 0.3) is 0 Å². The molecule has 0 fully saturated rings. The highest BCUT2D eigenvalue weighted by molar-refractivity contribution is 5.88. The van der Waals surface area contributed by atoms with Crippen molar-refractivity contribution in [3.8, 4) is 5.75 Å². The molecule has 3 rings (SSSR count). The number of ether oxygens (including phenoxy) is 1. The number of rotatable bonds is 3. The van der Waals surface area contributed by atoms with E-state index in [0.717, 1.165) is 22.2 Å². The van der Waals surface area contributed by atoms with E-state index in [1.54, 1.807) is 7.11 Å². The molecular formula is C13H13N3O2. The number of anilines is 1. The standard InChI is InChI=1S/C13H13N3O2/c1-17-11-4-2-3-9-8(6-15-13(9)11)5-12-10(14)7-16-18-12/h2-4,6-7,15H,5,14H2,1H3. The molecule has 0 aliphatic rings. The highest BCUT2D eigenvalue weighted by atomic mass is 16.5. The van der Waals surface area contributed by atoms with E-state index >= 15 is 0 Å². The van der Waals surface area contributed by atoms with Gasteiger partial charge in [0.15, 0.2) is 5.76 Å². The number of aromatic nitrogens is 2. The molecule has 0 radical (unpaired) electrons. The van der Waals surface area contributed by atoms with Gasteiger partial charge in [0, 0.05) is 18.0 Å². The zero-order valence-corrected chi connectivity index (χ0v) is 9.93. The second-order valence-corrected chi connectivity index (χ2v) is 4.08. The van der Waals surface area contributed by atoms with E-state index in [2.05, 4.69) is 10.1 Å². The van der Waals surface area contributed by atoms with Gasteiger partial charge >= 0.3 is 0 Å². The van der Waals surface area contributed by atoms with Crippen LogP contribution in [0.15, 0.2) is 35.1 Å². The molecule has 0 spiro atoms. The smallest absolute Gasteiger partial charge is 0.164 e. The molecule has 18 heavy (non-hydrogen) atoms. The fourth-order valence-electron chi connectivity index (χ4n) is 2.08. The maximum absolute atomic E-state index is 5.77. The number of hydrogen-bond acceptors (Lipinski definition) is 4. The summed E-state index contributed by atoms with van der Waals surface area (Å²) in [7, 11) is 1.66. The Morgan fingerprint density at radius 3 is 3.06 bits per heavy atom. The van der Waals surface area contributed by atoms with E-state index in [-0.39, 0.29) is 0 Å². The lowest BCUT2D eigenvalue weighted by atomic mass is 10.1. The average molecular weight is 243 g/mol. The van der Waals surface area contributed by atoms with Crippen LogP contribution in [-0.2, 0) is 6.42 Å². The Morgan fingerprint density at radius 1 is 1.44 bits per heavy atom. The van der Waals surface area contributed by atoms with Crippen LogP contribution in [0.4, 0.5) is 5.69 Å². The first-order valence-electron chi connectivity index (χ1n) is 5.61. The van der Waals surface area contributed by atoms with Gasteiger partial charge in [0.2, 0.25) is 0 Å². The van der Waals surface area contributed by atoms with E-state index in [9.17, 15) is 0 Å². The molecule has 0 saturated carbocycles. The number of hydrogen-bond donors (Lipinski definition) is 2. The molecule has 5 heteroatoms. The molecule has 92 valence electrons. The van der Waals surface area contributed by atoms with Gasteiger partial charge in [0.1, 0.15) is 5.75 Å². The predicted molar refractivity (Wildman–Crippen MR) is 68.6 cm³/mol. The quantitative estimate of drug-likeness (QED) is 0.740. The first-order valence-corrected chi connectivity index (χ1v) is 5.61. The highest BCUT2D eigenvalue weighted by Crippen LogP contribution is 2.29. The summed E-state index contributed by atoms with van der Waals surface area (Å²) in [4.78, 5) is 3.21. The molecule has 2 aromatic heterocycles. The molecular weight excluding hydrogens is 230 g/mol. The monoisotopic (exact) mass is 243 g/mol. The molecule has 0 aliphatic carbocycles. The molecule has 3 aromatic rings. The summed E-state index contributed by atoms with van der Waals surface area (Å²) in [6.07, 6.45) is 4.07. The Hall–Kier alpha value is -2.43. The number of nitrogens with one attached hydrogen (secondary N) is 1. The fourth-order valence-corrected chi connectivity index (χ4v) is 2.08. The summed E-state index contributed by atoms with van der Waals surface area (Å²) in [6, 6.07) is 5.92. The number of nitrogens with zero attached hydrogens (tertiary/aromatic N) is 1. The SMILES string of the molecule is COc1cccc2c(Cc3oncc3N)c[nH]c12. The molecule has 5 nitrogen and oxygen atoms in total. The second kappa shape index (κ2) is 4.10. The Balaban J connectivity index is 2.06. The molecule has 0 atom stereocenters. The lowest BCUT2D eigenvalue weighted by molar-refractivity contribution is 0.390. The van der Waals surface area contributed by atoms with Gasteiger partial charge < -0.3 is 20.0 Å². The maximum atomic E-state index is 5.77. The summed E-state index contributed by atoms with van der Waals surface area (Å²) in [6.45, 7) is 0. The number of nitrogens with two attached hydrogens (primary N) is 1. The van der Waals surface area contributed by atoms with Gasteiger partial charge in [0.05, 0.1) is 24.5 Å². The van der Waals surface area contributed by atoms with Crippen LogP contribution in [-0.4, -0.2) is 17.3 Å². The van der Waals surface area contributed by atoms with Crippen LogP contribution in [0, 0.1) is 0 Å². The van der Waals surface area contributed by atoms with Crippen molar-refractivity contribution in [3.05, 3.63) is 41.9 Å². The van der Waals surface area contributed by atoms with Crippen molar-refractivity contribution in [2.24, 2.45) is 0 Å². The van der Waals surface area contributed by atoms with E-state index < -0.39 is 0 Å². The maximum Gasteiger partial charge on any atom is 0.164 e. The summed E-state index contributed by atoms with van der Waals surface area (Å²) in [5.41, 5.74) is 8.43. The zero-order chi connectivity index (χ0) is 12.5. The third-order valence-electron chi connectivity index (χ3n) is 3.01. The van der Waals surface area contributed by atoms with Gasteiger partial charge in [-0.15, -0.1) is 0 Å². The van der Waals surface area contributed by atoms with Crippen LogP contribution in [0.5, 0.6) is 5.75 Å². The summed E-state index contributed by atoms with van der Waals surface area (Å²) < 4.78 is 10.4. The predicted octanol–water partition coefficient (Wildman–Crippen LogP) is 2.34. The van der Waals surface area contributed by atoms with Crippen molar-refractivity contribution in [2.75, 3.05) is 12.8 Å². The van der Waals surface area contributed by atoms with Gasteiger partial charge in [-0.3, -0.25) is 0 Å². The number of benzene rings is 1. The molecule has 0 bridgehead atoms. The van der Waals surface area contributed by atoms with E-state index in [4.69, 9.17) is 15.0 Å². The minimum absolute atomic E-state index is 0.576. The van der Waals surface area contributed by atoms with Crippen molar-refractivity contribution < 1.29 is 9.26 Å². The van der Waals surface area contributed by atoms with Crippen LogP contribution >= 0.6 is 0 Å². The Bertz CT molecular complexity index is 684. The molecule has 2 heterocycles. The Morgan fingerprint density at radius 2 is 2.33 bits per heavy atom. The summed E-state index contributed by atoms with van der Waals surface area (Å²) >= 11 is 0. The van der Waals surface area contributed by atoms with Gasteiger partial charge in [-0.05, 0) is 11.6 Å². The van der Waals surface area contributed by atoms with Crippen LogP contribution in [0.25, 0.3) is 10.9 Å². The van der Waals surface area contributed by atoms with Crippen molar-refractivity contribution in [2.45, 2.75) is 6.42 Å². The number of nitrogen functional groups attached to an aromatic ring is 1. The number of aromatic amines is 1. The summed E-state index contributed by atoms with van der Waals surface area (Å²) in [5.74, 6) is 1.50. The molecule has 0 amide bonds. The lowest BCUT2D eigenvalue weighted by Gasteiger charge is -2.01. The topological polar surface area (TPSA) is 77.1 Å². The van der Waals surface area contributed by atoms with E-state index in [1.807, 2.05) is 24.4 Å². The average Bonchev–Trinajstić information content (AvgIpc) is 2.97. The van der Waals surface area contributed by atoms with Crippen LogP contribution in [0.2, 0.25) is 0 Å². The zero-order valence-electron chi connectivity index (χ0n) is 9.93. The summed E-state index contributed by atoms with van der Waals surface area (Å²) in [5, 5.41) is 4.78. The first-order chi connectivity index (χ1) is 8.79. The largest absolute Gasteiger partial charge is 0.495 e. The number of H-pyrrole nitrogens is 1. The van der Waals surface area contributed by atoms with Gasteiger partial charge in [-0.2, -0.15) is 0 Å². The third kappa shape index (κ3) is 1.60. The molecule has 3 N–H and O–H groups in total. The lowest BCUT2D eigenvalue weighted by Crippen LogP contribution is -1.90. The highest BCUT2D eigenvalue weighted by Gasteiger charge is 2.11. The molecule has 0 unspecified atom stereocenters. The minimum Gasteiger partial charge on any atom is -0.495 e. The minimum atomic E-state index is 0.576. The van der Waals surface area contributed by atoms with Crippen molar-refractivity contribution in [1.82, 2.24) is 10.1 Å². The first kappa shape index (κ1) is 10.7. The second-order valence-electron chi connectivity index (χ2n) is 4.08. The van der Waals surface area contributed by atoms with Crippen molar-refractivity contribution in [3.63, 3.8) is 0 Å². The van der Waals surface area contributed by atoms with Crippen LogP contribution in [0.1, 0.15) is 11.3 Å². The molecule has 1 aromatic carbocycles.